The highest BCUT2D eigenvalue weighted by atomic mass is 16.3. The third-order valence-corrected chi connectivity index (χ3v) is 2.71. The first-order chi connectivity index (χ1) is 7.15. The molecular formula is C11H15NO3. The van der Waals surface area contributed by atoms with Gasteiger partial charge >= 0.3 is 0 Å². The van der Waals surface area contributed by atoms with Crippen LogP contribution in [0.1, 0.15) is 12.0 Å². The second-order valence-corrected chi connectivity index (χ2v) is 3.99. The van der Waals surface area contributed by atoms with Crippen molar-refractivity contribution in [1.29, 1.82) is 0 Å². The summed E-state index contributed by atoms with van der Waals surface area (Å²) in [5, 5.41) is 28.0. The second kappa shape index (κ2) is 4.08. The van der Waals surface area contributed by atoms with Gasteiger partial charge in [-0.3, -0.25) is 4.90 Å². The van der Waals surface area contributed by atoms with Crippen LogP contribution in [-0.2, 0) is 6.54 Å². The van der Waals surface area contributed by atoms with Gasteiger partial charge in [-0.1, -0.05) is 6.07 Å². The van der Waals surface area contributed by atoms with E-state index in [0.29, 0.717) is 13.1 Å². The number of aliphatic hydroxyl groups is 1. The predicted octanol–water partition coefficient (Wildman–Crippen LogP) is 0.664. The van der Waals surface area contributed by atoms with Crippen LogP contribution in [0.5, 0.6) is 11.5 Å². The Hall–Kier alpha value is -1.26. The van der Waals surface area contributed by atoms with Crippen molar-refractivity contribution in [1.82, 2.24) is 4.90 Å². The molecule has 1 saturated heterocycles. The molecule has 1 heterocycles. The Bertz CT molecular complexity index is 354. The quantitative estimate of drug-likeness (QED) is 0.669. The normalized spacial score (nSPS) is 22.1. The number of aromatic hydroxyl groups is 2. The molecule has 0 aliphatic carbocycles. The van der Waals surface area contributed by atoms with E-state index in [2.05, 4.69) is 4.90 Å². The summed E-state index contributed by atoms with van der Waals surface area (Å²) >= 11 is 0. The van der Waals surface area contributed by atoms with Crippen molar-refractivity contribution in [2.45, 2.75) is 19.1 Å². The molecule has 3 N–H and O–H groups in total. The number of benzene rings is 1. The summed E-state index contributed by atoms with van der Waals surface area (Å²) in [5.41, 5.74) is 0.780. The Morgan fingerprint density at radius 2 is 2.13 bits per heavy atom. The third-order valence-electron chi connectivity index (χ3n) is 2.71. The topological polar surface area (TPSA) is 63.9 Å². The Kier molecular flexibility index (Phi) is 2.79. The van der Waals surface area contributed by atoms with Gasteiger partial charge in [0.15, 0.2) is 0 Å². The molecule has 0 unspecified atom stereocenters. The van der Waals surface area contributed by atoms with Crippen molar-refractivity contribution in [3.8, 4) is 11.5 Å². The smallest absolute Gasteiger partial charge is 0.123 e. The lowest BCUT2D eigenvalue weighted by Gasteiger charge is -2.15. The van der Waals surface area contributed by atoms with Gasteiger partial charge in [-0.2, -0.15) is 0 Å². The molecule has 4 heteroatoms. The van der Waals surface area contributed by atoms with Crippen LogP contribution in [0.15, 0.2) is 18.2 Å². The molecule has 1 fully saturated rings. The van der Waals surface area contributed by atoms with E-state index in [4.69, 9.17) is 5.11 Å². The van der Waals surface area contributed by atoms with Crippen LogP contribution in [-0.4, -0.2) is 39.4 Å². The van der Waals surface area contributed by atoms with E-state index >= 15 is 0 Å². The number of hydrogen-bond acceptors (Lipinski definition) is 4. The molecule has 82 valence electrons. The molecule has 1 aromatic rings. The number of likely N-dealkylation sites (tertiary alicyclic amines) is 1. The number of phenols is 2. The van der Waals surface area contributed by atoms with E-state index in [-0.39, 0.29) is 17.6 Å². The number of β-amino-alcohol motifs (C(OH)–C–C–N with tert-alkyl or cyclic N) is 1. The largest absolute Gasteiger partial charge is 0.508 e. The molecular weight excluding hydrogens is 194 g/mol. The SMILES string of the molecule is Oc1ccc(CN2CC[C@@H](O)C2)c(O)c1. The second-order valence-electron chi connectivity index (χ2n) is 3.99. The van der Waals surface area contributed by atoms with Crippen LogP contribution in [0.3, 0.4) is 0 Å². The van der Waals surface area contributed by atoms with E-state index in [1.165, 1.54) is 6.07 Å². The lowest BCUT2D eigenvalue weighted by atomic mass is 10.2. The first kappa shape index (κ1) is 10.3. The molecule has 2 rings (SSSR count). The highest BCUT2D eigenvalue weighted by Gasteiger charge is 2.20. The van der Waals surface area contributed by atoms with Crippen LogP contribution in [0.4, 0.5) is 0 Å². The third kappa shape index (κ3) is 2.40. The maximum absolute atomic E-state index is 9.57. The minimum atomic E-state index is -0.246. The van der Waals surface area contributed by atoms with Crippen molar-refractivity contribution < 1.29 is 15.3 Å². The van der Waals surface area contributed by atoms with Crippen LogP contribution in [0, 0.1) is 0 Å². The first-order valence-electron chi connectivity index (χ1n) is 5.06. The monoisotopic (exact) mass is 209 g/mol. The highest BCUT2D eigenvalue weighted by molar-refractivity contribution is 5.38. The molecule has 15 heavy (non-hydrogen) atoms. The van der Waals surface area contributed by atoms with Crippen molar-refractivity contribution in [2.24, 2.45) is 0 Å². The minimum absolute atomic E-state index is 0.0673. The molecule has 1 aromatic carbocycles. The molecule has 0 aromatic heterocycles. The first-order valence-corrected chi connectivity index (χ1v) is 5.06. The van der Waals surface area contributed by atoms with Gasteiger partial charge in [-0.15, -0.1) is 0 Å². The molecule has 0 saturated carbocycles. The minimum Gasteiger partial charge on any atom is -0.508 e. The Morgan fingerprint density at radius 3 is 2.73 bits per heavy atom. The van der Waals surface area contributed by atoms with Crippen LogP contribution >= 0.6 is 0 Å². The van der Waals surface area contributed by atoms with Gasteiger partial charge in [0, 0.05) is 31.3 Å². The van der Waals surface area contributed by atoms with Gasteiger partial charge in [0.2, 0.25) is 0 Å². The molecule has 0 spiro atoms. The van der Waals surface area contributed by atoms with Gasteiger partial charge in [0.05, 0.1) is 6.10 Å². The Labute approximate surface area is 88.4 Å². The van der Waals surface area contributed by atoms with E-state index in [0.717, 1.165) is 18.5 Å². The average Bonchev–Trinajstić information content (AvgIpc) is 2.56. The summed E-state index contributed by atoms with van der Waals surface area (Å²) in [5.74, 6) is 0.175. The summed E-state index contributed by atoms with van der Waals surface area (Å²) in [7, 11) is 0. The molecule has 0 amide bonds. The molecule has 0 bridgehead atoms. The molecule has 1 aliphatic rings. The summed E-state index contributed by atoms with van der Waals surface area (Å²) in [6, 6.07) is 4.60. The molecule has 1 aliphatic heterocycles. The van der Waals surface area contributed by atoms with Crippen molar-refractivity contribution in [3.63, 3.8) is 0 Å². The van der Waals surface area contributed by atoms with Crippen molar-refractivity contribution in [3.05, 3.63) is 23.8 Å². The predicted molar refractivity (Wildman–Crippen MR) is 55.7 cm³/mol. The van der Waals surface area contributed by atoms with Crippen LogP contribution in [0.2, 0.25) is 0 Å². The molecule has 0 radical (unpaired) electrons. The lowest BCUT2D eigenvalue weighted by Crippen LogP contribution is -2.21. The maximum Gasteiger partial charge on any atom is 0.123 e. The van der Waals surface area contributed by atoms with Crippen molar-refractivity contribution >= 4 is 0 Å². The highest BCUT2D eigenvalue weighted by Crippen LogP contribution is 2.24. The fourth-order valence-electron chi connectivity index (χ4n) is 1.88. The summed E-state index contributed by atoms with van der Waals surface area (Å²) in [6.45, 7) is 2.12. The fraction of sp³-hybridized carbons (Fsp3) is 0.455. The van der Waals surface area contributed by atoms with Crippen molar-refractivity contribution in [2.75, 3.05) is 13.1 Å². The van der Waals surface area contributed by atoms with Gasteiger partial charge in [-0.05, 0) is 12.5 Å². The van der Waals surface area contributed by atoms with E-state index < -0.39 is 0 Å². The van der Waals surface area contributed by atoms with Gasteiger partial charge in [-0.25, -0.2) is 0 Å². The van der Waals surface area contributed by atoms with E-state index in [1.54, 1.807) is 12.1 Å². The van der Waals surface area contributed by atoms with Gasteiger partial charge < -0.3 is 15.3 Å². The van der Waals surface area contributed by atoms with Gasteiger partial charge in [0.1, 0.15) is 11.5 Å². The fourth-order valence-corrected chi connectivity index (χ4v) is 1.88. The lowest BCUT2D eigenvalue weighted by molar-refractivity contribution is 0.174. The zero-order chi connectivity index (χ0) is 10.8. The molecule has 4 nitrogen and oxygen atoms in total. The Morgan fingerprint density at radius 1 is 1.33 bits per heavy atom. The number of aliphatic hydroxyl groups excluding tert-OH is 1. The maximum atomic E-state index is 9.57. The van der Waals surface area contributed by atoms with E-state index in [9.17, 15) is 10.2 Å². The summed E-state index contributed by atoms with van der Waals surface area (Å²) < 4.78 is 0. The number of hydrogen-bond donors (Lipinski definition) is 3. The van der Waals surface area contributed by atoms with Crippen LogP contribution < -0.4 is 0 Å². The van der Waals surface area contributed by atoms with Crippen LogP contribution in [0.25, 0.3) is 0 Å². The zero-order valence-corrected chi connectivity index (χ0v) is 8.43. The average molecular weight is 209 g/mol. The summed E-state index contributed by atoms with van der Waals surface area (Å²) in [4.78, 5) is 2.08. The molecule has 1 atom stereocenters. The number of nitrogens with zero attached hydrogens (tertiary/aromatic N) is 1. The van der Waals surface area contributed by atoms with Gasteiger partial charge in [0.25, 0.3) is 0 Å². The number of rotatable bonds is 2. The zero-order valence-electron chi connectivity index (χ0n) is 8.43. The summed E-state index contributed by atoms with van der Waals surface area (Å²) in [6.07, 6.45) is 0.544. The standard InChI is InChI=1S/C11H15NO3/c13-9-2-1-8(11(15)5-9)6-12-4-3-10(14)7-12/h1-2,5,10,13-15H,3-4,6-7H2/t10-/m1/s1. The Balaban J connectivity index is 2.04. The number of phenolic OH excluding ortho intramolecular Hbond substituents is 2. The van der Waals surface area contributed by atoms with E-state index in [1.807, 2.05) is 0 Å².